The summed E-state index contributed by atoms with van der Waals surface area (Å²) in [6.07, 6.45) is 4.76. The van der Waals surface area contributed by atoms with E-state index >= 15 is 0 Å². The molecule has 124 valence electrons. The van der Waals surface area contributed by atoms with E-state index in [4.69, 9.17) is 4.74 Å². The summed E-state index contributed by atoms with van der Waals surface area (Å²) in [5.74, 6) is 0.949. The minimum atomic E-state index is 0.576. The van der Waals surface area contributed by atoms with Gasteiger partial charge in [0.1, 0.15) is 12.4 Å². The van der Waals surface area contributed by atoms with Crippen LogP contribution in [-0.4, -0.2) is 19.2 Å². The molecule has 0 fully saturated rings. The molecule has 0 amide bonds. The van der Waals surface area contributed by atoms with Crippen LogP contribution in [0.25, 0.3) is 0 Å². The minimum absolute atomic E-state index is 0.576. The Morgan fingerprint density at radius 2 is 1.65 bits per heavy atom. The Bertz CT molecular complexity index is 536. The quantitative estimate of drug-likeness (QED) is 0.635. The molecule has 1 unspecified atom stereocenters. The van der Waals surface area contributed by atoms with Gasteiger partial charge in [0.15, 0.2) is 0 Å². The summed E-state index contributed by atoms with van der Waals surface area (Å²) in [6.45, 7) is 6.09. The maximum absolute atomic E-state index is 5.80. The molecule has 23 heavy (non-hydrogen) atoms. The standard InChI is InChI=1S/C21H29NO/c1-3-4-8-18(2)22-15-16-23-21-13-11-20(12-14-21)17-19-9-6-5-7-10-19/h5-7,9-14,18,22H,3-4,8,15-17H2,1-2H3. The van der Waals surface area contributed by atoms with E-state index in [2.05, 4.69) is 73.8 Å². The molecule has 0 heterocycles. The molecule has 2 rings (SSSR count). The maximum Gasteiger partial charge on any atom is 0.119 e. The number of ether oxygens (including phenoxy) is 1. The molecule has 0 aliphatic carbocycles. The lowest BCUT2D eigenvalue weighted by molar-refractivity contribution is 0.304. The largest absolute Gasteiger partial charge is 0.492 e. The number of rotatable bonds is 10. The first-order chi connectivity index (χ1) is 11.3. The number of nitrogens with one attached hydrogen (secondary N) is 1. The molecule has 2 aromatic carbocycles. The maximum atomic E-state index is 5.80. The monoisotopic (exact) mass is 311 g/mol. The van der Waals surface area contributed by atoms with Gasteiger partial charge in [-0.15, -0.1) is 0 Å². The molecule has 0 aliphatic rings. The van der Waals surface area contributed by atoms with Crippen LogP contribution >= 0.6 is 0 Å². The van der Waals surface area contributed by atoms with E-state index in [-0.39, 0.29) is 0 Å². The van der Waals surface area contributed by atoms with Gasteiger partial charge in [-0.3, -0.25) is 0 Å². The molecule has 0 radical (unpaired) electrons. The lowest BCUT2D eigenvalue weighted by atomic mass is 10.1. The van der Waals surface area contributed by atoms with Crippen molar-refractivity contribution in [1.82, 2.24) is 5.32 Å². The summed E-state index contributed by atoms with van der Waals surface area (Å²) in [5, 5.41) is 3.51. The van der Waals surface area contributed by atoms with Gasteiger partial charge in [0.2, 0.25) is 0 Å². The van der Waals surface area contributed by atoms with Crippen LogP contribution in [0.4, 0.5) is 0 Å². The van der Waals surface area contributed by atoms with Gasteiger partial charge in [0, 0.05) is 12.6 Å². The van der Waals surface area contributed by atoms with Crippen LogP contribution in [0, 0.1) is 0 Å². The second-order valence-electron chi connectivity index (χ2n) is 6.15. The Labute approximate surface area is 140 Å². The lowest BCUT2D eigenvalue weighted by Crippen LogP contribution is -2.30. The SMILES string of the molecule is CCCCC(C)NCCOc1ccc(Cc2ccccc2)cc1. The predicted octanol–water partition coefficient (Wildman–Crippen LogP) is 4.82. The van der Waals surface area contributed by atoms with Crippen molar-refractivity contribution in [3.8, 4) is 5.75 Å². The van der Waals surface area contributed by atoms with Crippen molar-refractivity contribution in [2.45, 2.75) is 45.6 Å². The molecular formula is C21H29NO. The highest BCUT2D eigenvalue weighted by Gasteiger charge is 2.01. The van der Waals surface area contributed by atoms with Crippen molar-refractivity contribution in [2.24, 2.45) is 0 Å². The number of hydrogen-bond acceptors (Lipinski definition) is 2. The summed E-state index contributed by atoms with van der Waals surface area (Å²) in [7, 11) is 0. The summed E-state index contributed by atoms with van der Waals surface area (Å²) in [5.41, 5.74) is 2.65. The average molecular weight is 311 g/mol. The Hall–Kier alpha value is -1.80. The van der Waals surface area contributed by atoms with Gasteiger partial charge in [-0.05, 0) is 43.0 Å². The highest BCUT2D eigenvalue weighted by molar-refractivity contribution is 5.31. The van der Waals surface area contributed by atoms with Crippen molar-refractivity contribution >= 4 is 0 Å². The van der Waals surface area contributed by atoms with Crippen molar-refractivity contribution in [1.29, 1.82) is 0 Å². The fourth-order valence-electron chi connectivity index (χ4n) is 2.62. The molecule has 0 aliphatic heterocycles. The number of unbranched alkanes of at least 4 members (excludes halogenated alkanes) is 1. The third-order valence-electron chi connectivity index (χ3n) is 4.03. The Balaban J connectivity index is 1.69. The van der Waals surface area contributed by atoms with Crippen molar-refractivity contribution in [2.75, 3.05) is 13.2 Å². The van der Waals surface area contributed by atoms with E-state index in [9.17, 15) is 0 Å². The summed E-state index contributed by atoms with van der Waals surface area (Å²) >= 11 is 0. The summed E-state index contributed by atoms with van der Waals surface area (Å²) in [4.78, 5) is 0. The second-order valence-corrected chi connectivity index (χ2v) is 6.15. The lowest BCUT2D eigenvalue weighted by Gasteiger charge is -2.13. The first kappa shape index (κ1) is 17.6. The highest BCUT2D eigenvalue weighted by Crippen LogP contribution is 2.15. The first-order valence-electron chi connectivity index (χ1n) is 8.77. The zero-order valence-electron chi connectivity index (χ0n) is 14.4. The van der Waals surface area contributed by atoms with E-state index in [1.54, 1.807) is 0 Å². The molecule has 0 saturated carbocycles. The molecule has 2 aromatic rings. The van der Waals surface area contributed by atoms with E-state index in [0.717, 1.165) is 18.7 Å². The molecule has 1 N–H and O–H groups in total. The van der Waals surface area contributed by atoms with Gasteiger partial charge in [-0.25, -0.2) is 0 Å². The third-order valence-corrected chi connectivity index (χ3v) is 4.03. The van der Waals surface area contributed by atoms with Gasteiger partial charge in [-0.2, -0.15) is 0 Å². The predicted molar refractivity (Wildman–Crippen MR) is 98.2 cm³/mol. The van der Waals surface area contributed by atoms with Gasteiger partial charge in [0.05, 0.1) is 0 Å². The van der Waals surface area contributed by atoms with E-state index in [0.29, 0.717) is 12.6 Å². The molecule has 0 aromatic heterocycles. The van der Waals surface area contributed by atoms with Gasteiger partial charge in [0.25, 0.3) is 0 Å². The summed E-state index contributed by atoms with van der Waals surface area (Å²) in [6, 6.07) is 19.6. The minimum Gasteiger partial charge on any atom is -0.492 e. The smallest absolute Gasteiger partial charge is 0.119 e. The number of benzene rings is 2. The first-order valence-corrected chi connectivity index (χ1v) is 8.77. The fraction of sp³-hybridized carbons (Fsp3) is 0.429. The van der Waals surface area contributed by atoms with Gasteiger partial charge < -0.3 is 10.1 Å². The molecule has 2 heteroatoms. The van der Waals surface area contributed by atoms with E-state index in [1.807, 2.05) is 0 Å². The van der Waals surface area contributed by atoms with Gasteiger partial charge in [-0.1, -0.05) is 62.2 Å². The zero-order valence-corrected chi connectivity index (χ0v) is 14.4. The topological polar surface area (TPSA) is 21.3 Å². The van der Waals surface area contributed by atoms with Gasteiger partial charge >= 0.3 is 0 Å². The molecular weight excluding hydrogens is 282 g/mol. The second kappa shape index (κ2) is 10.1. The molecule has 0 bridgehead atoms. The zero-order chi connectivity index (χ0) is 16.3. The van der Waals surface area contributed by atoms with Crippen molar-refractivity contribution in [3.05, 3.63) is 65.7 Å². The molecule has 1 atom stereocenters. The van der Waals surface area contributed by atoms with Crippen LogP contribution < -0.4 is 10.1 Å². The molecule has 0 saturated heterocycles. The fourth-order valence-corrected chi connectivity index (χ4v) is 2.62. The van der Waals surface area contributed by atoms with E-state index in [1.165, 1.54) is 30.4 Å². The van der Waals surface area contributed by atoms with Crippen LogP contribution in [0.1, 0.15) is 44.2 Å². The molecule has 2 nitrogen and oxygen atoms in total. The van der Waals surface area contributed by atoms with Crippen LogP contribution in [-0.2, 0) is 6.42 Å². The normalized spacial score (nSPS) is 12.1. The number of hydrogen-bond donors (Lipinski definition) is 1. The van der Waals surface area contributed by atoms with Crippen molar-refractivity contribution in [3.63, 3.8) is 0 Å². The Kier molecular flexibility index (Phi) is 7.68. The van der Waals surface area contributed by atoms with E-state index < -0.39 is 0 Å². The molecule has 0 spiro atoms. The highest BCUT2D eigenvalue weighted by atomic mass is 16.5. The van der Waals surface area contributed by atoms with Crippen LogP contribution in [0.5, 0.6) is 5.75 Å². The van der Waals surface area contributed by atoms with Crippen LogP contribution in [0.15, 0.2) is 54.6 Å². The Morgan fingerprint density at radius 3 is 2.35 bits per heavy atom. The summed E-state index contributed by atoms with van der Waals surface area (Å²) < 4.78 is 5.80. The van der Waals surface area contributed by atoms with Crippen LogP contribution in [0.3, 0.4) is 0 Å². The van der Waals surface area contributed by atoms with Crippen molar-refractivity contribution < 1.29 is 4.74 Å². The Morgan fingerprint density at radius 1 is 0.957 bits per heavy atom. The third kappa shape index (κ3) is 6.87. The van der Waals surface area contributed by atoms with Crippen LogP contribution in [0.2, 0.25) is 0 Å². The average Bonchev–Trinajstić information content (AvgIpc) is 2.59.